The second-order valence-electron chi connectivity index (χ2n) is 2.85. The van der Waals surface area contributed by atoms with Crippen molar-refractivity contribution < 1.29 is 13.2 Å². The SMILES string of the molecule is CCC1CC1(N)C(F)(F)F. The minimum absolute atomic E-state index is 0.104. The van der Waals surface area contributed by atoms with Crippen LogP contribution in [-0.4, -0.2) is 11.7 Å². The Hall–Kier alpha value is -0.250. The molecule has 4 heteroatoms. The van der Waals surface area contributed by atoms with Crippen LogP contribution in [0.25, 0.3) is 0 Å². The average Bonchev–Trinajstić information content (AvgIpc) is 2.41. The van der Waals surface area contributed by atoms with Crippen LogP contribution in [0.15, 0.2) is 0 Å². The van der Waals surface area contributed by atoms with Gasteiger partial charge in [0.15, 0.2) is 0 Å². The first kappa shape index (κ1) is 7.85. The first-order chi connectivity index (χ1) is 4.42. The van der Waals surface area contributed by atoms with Crippen molar-refractivity contribution in [2.24, 2.45) is 11.7 Å². The minimum Gasteiger partial charge on any atom is -0.317 e. The van der Waals surface area contributed by atoms with Crippen LogP contribution in [0.3, 0.4) is 0 Å². The molecule has 1 aliphatic carbocycles. The lowest BCUT2D eigenvalue weighted by Gasteiger charge is -2.14. The van der Waals surface area contributed by atoms with Crippen LogP contribution in [0.5, 0.6) is 0 Å². The van der Waals surface area contributed by atoms with E-state index in [1.54, 1.807) is 6.92 Å². The fourth-order valence-electron chi connectivity index (χ4n) is 1.20. The molecule has 2 N–H and O–H groups in total. The summed E-state index contributed by atoms with van der Waals surface area (Å²) in [6, 6.07) is 0. The van der Waals surface area contributed by atoms with Gasteiger partial charge in [0.25, 0.3) is 0 Å². The normalized spacial score (nSPS) is 39.9. The molecular formula is C6H10F3N. The molecule has 0 aromatic heterocycles. The van der Waals surface area contributed by atoms with Crippen LogP contribution < -0.4 is 5.73 Å². The highest BCUT2D eigenvalue weighted by atomic mass is 19.4. The molecule has 1 nitrogen and oxygen atoms in total. The highest BCUT2D eigenvalue weighted by molar-refractivity contribution is 5.12. The molecule has 0 amide bonds. The topological polar surface area (TPSA) is 26.0 Å². The number of rotatable bonds is 1. The summed E-state index contributed by atoms with van der Waals surface area (Å²) in [5, 5.41) is 0. The van der Waals surface area contributed by atoms with Crippen molar-refractivity contribution in [2.45, 2.75) is 31.5 Å². The lowest BCUT2D eigenvalue weighted by Crippen LogP contribution is -2.41. The van der Waals surface area contributed by atoms with Gasteiger partial charge in [-0.1, -0.05) is 13.3 Å². The molecule has 60 valence electrons. The van der Waals surface area contributed by atoms with Gasteiger partial charge in [0.05, 0.1) is 0 Å². The van der Waals surface area contributed by atoms with Gasteiger partial charge in [-0.15, -0.1) is 0 Å². The van der Waals surface area contributed by atoms with Crippen LogP contribution in [0, 0.1) is 5.92 Å². The Balaban J connectivity index is 2.59. The second kappa shape index (κ2) is 1.87. The van der Waals surface area contributed by atoms with E-state index in [0.717, 1.165) is 0 Å². The molecule has 0 aromatic carbocycles. The fourth-order valence-corrected chi connectivity index (χ4v) is 1.20. The molecule has 0 aliphatic heterocycles. The van der Waals surface area contributed by atoms with Crippen molar-refractivity contribution in [3.63, 3.8) is 0 Å². The molecule has 1 rings (SSSR count). The average molecular weight is 153 g/mol. The number of alkyl halides is 3. The van der Waals surface area contributed by atoms with Gasteiger partial charge in [-0.25, -0.2) is 0 Å². The Morgan fingerprint density at radius 1 is 1.60 bits per heavy atom. The Labute approximate surface area is 57.4 Å². The maximum atomic E-state index is 11.9. The van der Waals surface area contributed by atoms with E-state index in [-0.39, 0.29) is 12.3 Å². The molecule has 0 radical (unpaired) electrons. The van der Waals surface area contributed by atoms with E-state index in [9.17, 15) is 13.2 Å². The van der Waals surface area contributed by atoms with Crippen molar-refractivity contribution in [2.75, 3.05) is 0 Å². The lowest BCUT2D eigenvalue weighted by molar-refractivity contribution is -0.160. The van der Waals surface area contributed by atoms with Crippen molar-refractivity contribution >= 4 is 0 Å². The van der Waals surface area contributed by atoms with Crippen LogP contribution in [0.1, 0.15) is 19.8 Å². The van der Waals surface area contributed by atoms with E-state index < -0.39 is 11.7 Å². The highest BCUT2D eigenvalue weighted by Crippen LogP contribution is 2.53. The minimum atomic E-state index is -4.20. The monoisotopic (exact) mass is 153 g/mol. The van der Waals surface area contributed by atoms with E-state index in [0.29, 0.717) is 6.42 Å². The van der Waals surface area contributed by atoms with Crippen molar-refractivity contribution in [3.8, 4) is 0 Å². The quantitative estimate of drug-likeness (QED) is 0.609. The molecular weight excluding hydrogens is 143 g/mol. The van der Waals surface area contributed by atoms with Crippen molar-refractivity contribution in [1.29, 1.82) is 0 Å². The zero-order valence-corrected chi connectivity index (χ0v) is 5.70. The van der Waals surface area contributed by atoms with E-state index in [1.165, 1.54) is 0 Å². The molecule has 0 aromatic rings. The van der Waals surface area contributed by atoms with Crippen molar-refractivity contribution in [1.82, 2.24) is 0 Å². The van der Waals surface area contributed by atoms with Gasteiger partial charge in [-0.05, 0) is 12.3 Å². The highest BCUT2D eigenvalue weighted by Gasteiger charge is 2.67. The van der Waals surface area contributed by atoms with E-state index >= 15 is 0 Å². The molecule has 0 saturated heterocycles. The third-order valence-electron chi connectivity index (χ3n) is 2.17. The van der Waals surface area contributed by atoms with Gasteiger partial charge in [-0.2, -0.15) is 13.2 Å². The molecule has 2 atom stereocenters. The summed E-state index contributed by atoms with van der Waals surface area (Å²) < 4.78 is 35.8. The summed E-state index contributed by atoms with van der Waals surface area (Å²) in [4.78, 5) is 0. The van der Waals surface area contributed by atoms with Gasteiger partial charge in [0.2, 0.25) is 0 Å². The zero-order chi connectivity index (χ0) is 7.99. The predicted octanol–water partition coefficient (Wildman–Crippen LogP) is 1.68. The number of hydrogen-bond donors (Lipinski definition) is 1. The molecule has 0 bridgehead atoms. The largest absolute Gasteiger partial charge is 0.406 e. The van der Waals surface area contributed by atoms with Crippen LogP contribution in [-0.2, 0) is 0 Å². The third-order valence-corrected chi connectivity index (χ3v) is 2.17. The van der Waals surface area contributed by atoms with Gasteiger partial charge >= 0.3 is 6.18 Å². The Bertz CT molecular complexity index is 142. The third kappa shape index (κ3) is 0.905. The van der Waals surface area contributed by atoms with Gasteiger partial charge in [0.1, 0.15) is 5.54 Å². The lowest BCUT2D eigenvalue weighted by atomic mass is 10.2. The van der Waals surface area contributed by atoms with Gasteiger partial charge in [0, 0.05) is 0 Å². The number of halogens is 3. The molecule has 0 heterocycles. The second-order valence-corrected chi connectivity index (χ2v) is 2.85. The molecule has 1 saturated carbocycles. The molecule has 1 fully saturated rings. The van der Waals surface area contributed by atoms with E-state index in [2.05, 4.69) is 0 Å². The summed E-state index contributed by atoms with van der Waals surface area (Å²) in [7, 11) is 0. The first-order valence-electron chi connectivity index (χ1n) is 3.27. The molecule has 0 spiro atoms. The Kier molecular flexibility index (Phi) is 1.47. The first-order valence-corrected chi connectivity index (χ1v) is 3.27. The van der Waals surface area contributed by atoms with E-state index in [1.807, 2.05) is 0 Å². The van der Waals surface area contributed by atoms with Crippen LogP contribution in [0.4, 0.5) is 13.2 Å². The summed E-state index contributed by atoms with van der Waals surface area (Å²) in [6.07, 6.45) is -3.57. The molecule has 1 aliphatic rings. The summed E-state index contributed by atoms with van der Waals surface area (Å²) in [6.45, 7) is 1.73. The van der Waals surface area contributed by atoms with Gasteiger partial charge in [-0.3, -0.25) is 0 Å². The van der Waals surface area contributed by atoms with E-state index in [4.69, 9.17) is 5.73 Å². The maximum Gasteiger partial charge on any atom is 0.406 e. The summed E-state index contributed by atoms with van der Waals surface area (Å²) in [5.74, 6) is -0.340. The molecule has 2 unspecified atom stereocenters. The predicted molar refractivity (Wildman–Crippen MR) is 31.4 cm³/mol. The van der Waals surface area contributed by atoms with Gasteiger partial charge < -0.3 is 5.73 Å². The fraction of sp³-hybridized carbons (Fsp3) is 1.00. The van der Waals surface area contributed by atoms with Crippen molar-refractivity contribution in [3.05, 3.63) is 0 Å². The summed E-state index contributed by atoms with van der Waals surface area (Å²) >= 11 is 0. The smallest absolute Gasteiger partial charge is 0.317 e. The zero-order valence-electron chi connectivity index (χ0n) is 5.70. The van der Waals surface area contributed by atoms with Crippen LogP contribution in [0.2, 0.25) is 0 Å². The summed E-state index contributed by atoms with van der Waals surface area (Å²) in [5.41, 5.74) is 3.21. The maximum absolute atomic E-state index is 11.9. The number of hydrogen-bond acceptors (Lipinski definition) is 1. The Morgan fingerprint density at radius 2 is 2.10 bits per heavy atom. The van der Waals surface area contributed by atoms with Crippen LogP contribution >= 0.6 is 0 Å². The molecule has 10 heavy (non-hydrogen) atoms. The number of nitrogens with two attached hydrogens (primary N) is 1. The standard InChI is InChI=1S/C6H10F3N/c1-2-4-3-5(4,10)6(7,8)9/h4H,2-3,10H2,1H3. The Morgan fingerprint density at radius 3 is 2.20 bits per heavy atom.